The average molecular weight is 290 g/mol. The van der Waals surface area contributed by atoms with E-state index < -0.39 is 0 Å². The van der Waals surface area contributed by atoms with Crippen molar-refractivity contribution in [3.63, 3.8) is 0 Å². The number of rotatable bonds is 3. The summed E-state index contributed by atoms with van der Waals surface area (Å²) in [7, 11) is 0. The van der Waals surface area contributed by atoms with Gasteiger partial charge >= 0.3 is 0 Å². The van der Waals surface area contributed by atoms with E-state index in [0.717, 1.165) is 41.3 Å². The van der Waals surface area contributed by atoms with Crippen LogP contribution < -0.4 is 5.32 Å². The number of anilines is 1. The number of aryl methyl sites for hydroxylation is 1. The summed E-state index contributed by atoms with van der Waals surface area (Å²) in [6, 6.07) is 4.02. The van der Waals surface area contributed by atoms with E-state index in [0.29, 0.717) is 5.38 Å². The minimum absolute atomic E-state index is 0.399. The molecule has 1 saturated carbocycles. The zero-order valence-corrected chi connectivity index (χ0v) is 11.0. The van der Waals surface area contributed by atoms with E-state index >= 15 is 0 Å². The first-order valence-corrected chi connectivity index (χ1v) is 6.39. The first-order chi connectivity index (χ1) is 7.15. The molecule has 0 saturated heterocycles. The molecule has 1 aromatic rings. The summed E-state index contributed by atoms with van der Waals surface area (Å²) in [6.45, 7) is 2.98. The van der Waals surface area contributed by atoms with Crippen molar-refractivity contribution in [2.75, 3.05) is 11.9 Å². The Morgan fingerprint density at radius 3 is 2.87 bits per heavy atom. The summed E-state index contributed by atoms with van der Waals surface area (Å²) >= 11 is 9.36. The van der Waals surface area contributed by atoms with Crippen molar-refractivity contribution < 1.29 is 0 Å². The Kier molecular flexibility index (Phi) is 3.52. The lowest BCUT2D eigenvalue weighted by Gasteiger charge is -2.31. The molecule has 15 heavy (non-hydrogen) atoms. The van der Waals surface area contributed by atoms with E-state index in [9.17, 15) is 0 Å². The van der Waals surface area contributed by atoms with Gasteiger partial charge in [-0.2, -0.15) is 0 Å². The van der Waals surface area contributed by atoms with Crippen LogP contribution in [0.25, 0.3) is 0 Å². The Labute approximate surface area is 104 Å². The van der Waals surface area contributed by atoms with Crippen LogP contribution in [0.5, 0.6) is 0 Å². The number of hydrogen-bond donors (Lipinski definition) is 1. The third kappa shape index (κ3) is 2.85. The van der Waals surface area contributed by atoms with E-state index in [4.69, 9.17) is 11.6 Å². The molecule has 0 unspecified atom stereocenters. The van der Waals surface area contributed by atoms with Gasteiger partial charge in [-0.3, -0.25) is 0 Å². The van der Waals surface area contributed by atoms with Crippen molar-refractivity contribution >= 4 is 33.3 Å². The third-order valence-electron chi connectivity index (χ3n) is 2.77. The average Bonchev–Trinajstić information content (AvgIpc) is 2.16. The highest BCUT2D eigenvalue weighted by atomic mass is 79.9. The monoisotopic (exact) mass is 288 g/mol. The lowest BCUT2D eigenvalue weighted by Crippen LogP contribution is -2.30. The Morgan fingerprint density at radius 1 is 1.53 bits per heavy atom. The summed E-state index contributed by atoms with van der Waals surface area (Å²) in [5.41, 5.74) is 1.02. The van der Waals surface area contributed by atoms with Gasteiger partial charge in [0.15, 0.2) is 0 Å². The molecule has 1 aliphatic rings. The topological polar surface area (TPSA) is 24.9 Å². The molecule has 0 amide bonds. The van der Waals surface area contributed by atoms with Crippen LogP contribution in [-0.4, -0.2) is 16.9 Å². The van der Waals surface area contributed by atoms with Crippen molar-refractivity contribution in [2.24, 2.45) is 5.92 Å². The lowest BCUT2D eigenvalue weighted by atomic mass is 9.85. The third-order valence-corrected chi connectivity index (χ3v) is 3.97. The van der Waals surface area contributed by atoms with Crippen LogP contribution in [0, 0.1) is 12.8 Å². The number of nitrogens with one attached hydrogen (secondary N) is 1. The molecule has 0 atom stereocenters. The van der Waals surface area contributed by atoms with Crippen LogP contribution in [0.4, 0.5) is 5.82 Å². The largest absolute Gasteiger partial charge is 0.370 e. The molecule has 1 fully saturated rings. The van der Waals surface area contributed by atoms with Crippen molar-refractivity contribution in [2.45, 2.75) is 25.1 Å². The Hall–Kier alpha value is -0.280. The standard InChI is InChI=1S/C11H14BrClN2/c1-7-10(12)2-3-11(15-7)14-6-8-4-9(13)5-8/h2-3,8-9H,4-6H2,1H3,(H,14,15). The zero-order chi connectivity index (χ0) is 10.8. The zero-order valence-electron chi connectivity index (χ0n) is 8.63. The first-order valence-electron chi connectivity index (χ1n) is 5.16. The van der Waals surface area contributed by atoms with Gasteiger partial charge in [-0.15, -0.1) is 11.6 Å². The maximum Gasteiger partial charge on any atom is 0.126 e. The molecule has 1 N–H and O–H groups in total. The van der Waals surface area contributed by atoms with Gasteiger partial charge in [0.25, 0.3) is 0 Å². The highest BCUT2D eigenvalue weighted by Crippen LogP contribution is 2.31. The predicted octanol–water partition coefficient (Wildman–Crippen LogP) is 3.58. The van der Waals surface area contributed by atoms with Crippen LogP contribution in [0.3, 0.4) is 0 Å². The first kappa shape index (κ1) is 11.2. The second-order valence-electron chi connectivity index (χ2n) is 4.08. The molecule has 1 aromatic heterocycles. The maximum atomic E-state index is 5.92. The fraction of sp³-hybridized carbons (Fsp3) is 0.545. The van der Waals surface area contributed by atoms with Gasteiger partial charge in [0.1, 0.15) is 5.82 Å². The number of aromatic nitrogens is 1. The van der Waals surface area contributed by atoms with Gasteiger partial charge in [-0.25, -0.2) is 4.98 Å². The quantitative estimate of drug-likeness (QED) is 0.860. The molecule has 0 aromatic carbocycles. The fourth-order valence-electron chi connectivity index (χ4n) is 1.71. The van der Waals surface area contributed by atoms with E-state index in [1.165, 1.54) is 0 Å². The molecule has 0 bridgehead atoms. The highest BCUT2D eigenvalue weighted by molar-refractivity contribution is 9.10. The van der Waals surface area contributed by atoms with E-state index in [2.05, 4.69) is 26.2 Å². The van der Waals surface area contributed by atoms with Crippen molar-refractivity contribution in [3.05, 3.63) is 22.3 Å². The van der Waals surface area contributed by atoms with Crippen molar-refractivity contribution in [1.82, 2.24) is 4.98 Å². The number of alkyl halides is 1. The van der Waals surface area contributed by atoms with Gasteiger partial charge in [-0.05, 0) is 53.7 Å². The minimum Gasteiger partial charge on any atom is -0.370 e. The molecule has 2 nitrogen and oxygen atoms in total. The number of pyridine rings is 1. The van der Waals surface area contributed by atoms with Gasteiger partial charge in [0.2, 0.25) is 0 Å². The van der Waals surface area contributed by atoms with Crippen LogP contribution in [-0.2, 0) is 0 Å². The highest BCUT2D eigenvalue weighted by Gasteiger charge is 2.26. The molecule has 0 aliphatic heterocycles. The summed E-state index contributed by atoms with van der Waals surface area (Å²) in [5.74, 6) is 1.67. The van der Waals surface area contributed by atoms with Gasteiger partial charge < -0.3 is 5.32 Å². The molecule has 0 spiro atoms. The number of nitrogens with zero attached hydrogens (tertiary/aromatic N) is 1. The maximum absolute atomic E-state index is 5.92. The lowest BCUT2D eigenvalue weighted by molar-refractivity contribution is 0.341. The Bertz CT molecular complexity index is 350. The number of halogens is 2. The SMILES string of the molecule is Cc1nc(NCC2CC(Cl)C2)ccc1Br. The van der Waals surface area contributed by atoms with Crippen LogP contribution >= 0.6 is 27.5 Å². The normalized spacial score (nSPS) is 24.7. The Balaban J connectivity index is 1.86. The molecule has 1 aliphatic carbocycles. The molecule has 4 heteroatoms. The molecule has 82 valence electrons. The van der Waals surface area contributed by atoms with E-state index in [-0.39, 0.29) is 0 Å². The Morgan fingerprint density at radius 2 is 2.27 bits per heavy atom. The van der Waals surface area contributed by atoms with Crippen LogP contribution in [0.15, 0.2) is 16.6 Å². The summed E-state index contributed by atoms with van der Waals surface area (Å²) in [6.07, 6.45) is 2.26. The molecule has 2 rings (SSSR count). The number of hydrogen-bond acceptors (Lipinski definition) is 2. The minimum atomic E-state index is 0.399. The second-order valence-corrected chi connectivity index (χ2v) is 5.55. The van der Waals surface area contributed by atoms with Crippen molar-refractivity contribution in [1.29, 1.82) is 0 Å². The van der Waals surface area contributed by atoms with Crippen LogP contribution in [0.2, 0.25) is 0 Å². The summed E-state index contributed by atoms with van der Waals surface area (Å²) in [4.78, 5) is 4.43. The second kappa shape index (κ2) is 4.71. The van der Waals surface area contributed by atoms with Crippen LogP contribution in [0.1, 0.15) is 18.5 Å². The summed E-state index contributed by atoms with van der Waals surface area (Å²) in [5, 5.41) is 3.74. The smallest absolute Gasteiger partial charge is 0.126 e. The van der Waals surface area contributed by atoms with Gasteiger partial charge in [-0.1, -0.05) is 0 Å². The molecule has 1 heterocycles. The van der Waals surface area contributed by atoms with E-state index in [1.807, 2.05) is 19.1 Å². The summed E-state index contributed by atoms with van der Waals surface area (Å²) < 4.78 is 1.05. The molecular weight excluding hydrogens is 275 g/mol. The van der Waals surface area contributed by atoms with Crippen molar-refractivity contribution in [3.8, 4) is 0 Å². The molecular formula is C11H14BrClN2. The van der Waals surface area contributed by atoms with Gasteiger partial charge in [0.05, 0.1) is 5.69 Å². The van der Waals surface area contributed by atoms with Gasteiger partial charge in [0, 0.05) is 16.4 Å². The molecule has 0 radical (unpaired) electrons. The predicted molar refractivity (Wildman–Crippen MR) is 67.5 cm³/mol. The fourth-order valence-corrected chi connectivity index (χ4v) is 2.44. The van der Waals surface area contributed by atoms with E-state index in [1.54, 1.807) is 0 Å².